The molecule has 0 spiro atoms. The van der Waals surface area contributed by atoms with Gasteiger partial charge in [0.15, 0.2) is 6.61 Å². The molecular formula is C21H17F7N2O3. The maximum atomic E-state index is 13.7. The quantitative estimate of drug-likeness (QED) is 0.290. The fraction of sp³-hybridized carbons (Fsp3) is 0.238. The summed E-state index contributed by atoms with van der Waals surface area (Å²) in [5.41, 5.74) is 0.604. The summed E-state index contributed by atoms with van der Waals surface area (Å²) in [4.78, 5) is 14.3. The maximum absolute atomic E-state index is 13.7. The van der Waals surface area contributed by atoms with Gasteiger partial charge in [0.25, 0.3) is 0 Å². The van der Waals surface area contributed by atoms with Crippen LogP contribution in [0, 0.1) is 5.82 Å². The average molecular weight is 478 g/mol. The van der Waals surface area contributed by atoms with E-state index < -0.39 is 43.6 Å². The van der Waals surface area contributed by atoms with E-state index in [4.69, 9.17) is 9.47 Å². The van der Waals surface area contributed by atoms with Gasteiger partial charge >= 0.3 is 12.4 Å². The molecule has 1 N–H and O–H groups in total. The number of alkyl halides is 6. The molecule has 0 atom stereocenters. The summed E-state index contributed by atoms with van der Waals surface area (Å²) in [6.45, 7) is -2.31. The smallest absolute Gasteiger partial charge is 0.422 e. The van der Waals surface area contributed by atoms with E-state index in [-0.39, 0.29) is 17.0 Å². The van der Waals surface area contributed by atoms with E-state index in [0.717, 1.165) is 12.1 Å². The zero-order valence-electron chi connectivity index (χ0n) is 16.7. The number of hydrogen-bond donors (Lipinski definition) is 1. The van der Waals surface area contributed by atoms with E-state index in [0.29, 0.717) is 12.0 Å². The van der Waals surface area contributed by atoms with Crippen molar-refractivity contribution in [2.45, 2.75) is 18.8 Å². The molecule has 0 aliphatic carbocycles. The zero-order chi connectivity index (χ0) is 24.5. The molecule has 0 fully saturated rings. The van der Waals surface area contributed by atoms with E-state index in [1.165, 1.54) is 42.7 Å². The normalized spacial score (nSPS) is 12.6. The molecule has 0 aliphatic rings. The summed E-state index contributed by atoms with van der Waals surface area (Å²) >= 11 is 0. The molecule has 0 aliphatic heterocycles. The number of ether oxygens (including phenoxy) is 2. The van der Waals surface area contributed by atoms with Crippen LogP contribution < -0.4 is 14.8 Å². The number of aromatic nitrogens is 1. The van der Waals surface area contributed by atoms with Gasteiger partial charge in [0, 0.05) is 35.7 Å². The molecule has 1 aromatic carbocycles. The van der Waals surface area contributed by atoms with Crippen LogP contribution >= 0.6 is 0 Å². The van der Waals surface area contributed by atoms with E-state index in [9.17, 15) is 35.5 Å². The van der Waals surface area contributed by atoms with Gasteiger partial charge in [0.05, 0.1) is 13.0 Å². The predicted molar refractivity (Wildman–Crippen MR) is 104 cm³/mol. The highest BCUT2D eigenvalue weighted by Gasteiger charge is 2.29. The van der Waals surface area contributed by atoms with Crippen LogP contribution in [0.25, 0.3) is 5.57 Å². The van der Waals surface area contributed by atoms with Crippen LogP contribution in [-0.4, -0.2) is 37.0 Å². The summed E-state index contributed by atoms with van der Waals surface area (Å²) < 4.78 is 98.0. The van der Waals surface area contributed by atoms with Gasteiger partial charge < -0.3 is 14.8 Å². The fourth-order valence-corrected chi connectivity index (χ4v) is 2.47. The number of rotatable bonds is 10. The largest absolute Gasteiger partial charge is 0.483 e. The van der Waals surface area contributed by atoms with Crippen molar-refractivity contribution in [3.05, 3.63) is 71.8 Å². The highest BCUT2D eigenvalue weighted by atomic mass is 19.4. The van der Waals surface area contributed by atoms with Gasteiger partial charge in [-0.3, -0.25) is 4.79 Å². The third-order valence-corrected chi connectivity index (χ3v) is 3.83. The number of halogens is 7. The van der Waals surface area contributed by atoms with E-state index in [1.807, 2.05) is 0 Å². The summed E-state index contributed by atoms with van der Waals surface area (Å²) in [6, 6.07) is 5.66. The third kappa shape index (κ3) is 9.21. The van der Waals surface area contributed by atoms with Gasteiger partial charge in [0.1, 0.15) is 11.6 Å². The highest BCUT2D eigenvalue weighted by molar-refractivity contribution is 5.83. The molecule has 178 valence electrons. The number of nitrogens with zero attached hydrogens (tertiary/aromatic N) is 1. The van der Waals surface area contributed by atoms with E-state index in [2.05, 4.69) is 10.3 Å². The van der Waals surface area contributed by atoms with Gasteiger partial charge in [-0.1, -0.05) is 6.08 Å². The first-order chi connectivity index (χ1) is 15.5. The van der Waals surface area contributed by atoms with Crippen molar-refractivity contribution < 1.29 is 45.0 Å². The van der Waals surface area contributed by atoms with E-state index in [1.54, 1.807) is 0 Å². The summed E-state index contributed by atoms with van der Waals surface area (Å²) in [6.07, 6.45) is -4.66. The Labute approximate surface area is 183 Å². The Kier molecular flexibility index (Phi) is 8.83. The van der Waals surface area contributed by atoms with Gasteiger partial charge in [-0.05, 0) is 29.8 Å². The molecule has 1 heterocycles. The lowest BCUT2D eigenvalue weighted by Gasteiger charge is -2.16. The van der Waals surface area contributed by atoms with Crippen LogP contribution in [0.15, 0.2) is 54.9 Å². The van der Waals surface area contributed by atoms with Crippen molar-refractivity contribution in [1.29, 1.82) is 0 Å². The molecule has 0 bridgehead atoms. The SMILES string of the molecule is O=CN/C=C\C=C(\c1ccc(OCCC(F)(F)F)nc1)c1ccc(F)cc1OCC(F)(F)F. The minimum Gasteiger partial charge on any atom is -0.483 e. The predicted octanol–water partition coefficient (Wildman–Crippen LogP) is 5.18. The van der Waals surface area contributed by atoms with Crippen LogP contribution in [-0.2, 0) is 4.79 Å². The second-order valence-corrected chi connectivity index (χ2v) is 6.37. The molecule has 0 saturated carbocycles. The first-order valence-corrected chi connectivity index (χ1v) is 9.20. The topological polar surface area (TPSA) is 60.5 Å². The van der Waals surface area contributed by atoms with Crippen LogP contribution in [0.3, 0.4) is 0 Å². The number of benzene rings is 1. The van der Waals surface area contributed by atoms with Crippen molar-refractivity contribution in [3.8, 4) is 11.6 Å². The summed E-state index contributed by atoms with van der Waals surface area (Å²) in [5.74, 6) is -1.34. The van der Waals surface area contributed by atoms with Crippen molar-refractivity contribution in [3.63, 3.8) is 0 Å². The Bertz CT molecular complexity index is 985. The van der Waals surface area contributed by atoms with Gasteiger partial charge in [-0.15, -0.1) is 0 Å². The number of pyridine rings is 1. The Morgan fingerprint density at radius 1 is 1.03 bits per heavy atom. The average Bonchev–Trinajstić information content (AvgIpc) is 2.72. The number of allylic oxidation sites excluding steroid dienone is 2. The first-order valence-electron chi connectivity index (χ1n) is 9.20. The monoisotopic (exact) mass is 478 g/mol. The number of carbonyl (C=O) groups is 1. The Hall–Kier alpha value is -3.57. The number of hydrogen-bond acceptors (Lipinski definition) is 4. The van der Waals surface area contributed by atoms with E-state index >= 15 is 0 Å². The fourth-order valence-electron chi connectivity index (χ4n) is 2.47. The number of carbonyl (C=O) groups excluding carboxylic acids is 1. The molecule has 33 heavy (non-hydrogen) atoms. The second-order valence-electron chi connectivity index (χ2n) is 6.37. The Morgan fingerprint density at radius 2 is 1.79 bits per heavy atom. The van der Waals surface area contributed by atoms with Gasteiger partial charge in [0.2, 0.25) is 12.3 Å². The molecule has 1 amide bonds. The zero-order valence-corrected chi connectivity index (χ0v) is 16.7. The molecule has 2 rings (SSSR count). The minimum atomic E-state index is -4.67. The maximum Gasteiger partial charge on any atom is 0.422 e. The molecule has 12 heteroatoms. The Morgan fingerprint density at radius 3 is 2.39 bits per heavy atom. The first kappa shape index (κ1) is 25.7. The standard InChI is InChI=1S/C21H17F7N2O3/c22-15-4-5-17(18(10-15)33-12-21(26,27)28)16(2-1-8-29-13-31)14-3-6-19(30-11-14)32-9-7-20(23,24)25/h1-6,8,10-11,13H,7,9,12H2,(H,29,31)/b8-1-,16-2-. The molecular weight excluding hydrogens is 461 g/mol. The Balaban J connectivity index is 2.37. The van der Waals surface area contributed by atoms with Crippen molar-refractivity contribution in [1.82, 2.24) is 10.3 Å². The minimum absolute atomic E-state index is 0.0731. The molecule has 5 nitrogen and oxygen atoms in total. The molecule has 1 aromatic heterocycles. The van der Waals surface area contributed by atoms with Crippen LogP contribution in [0.1, 0.15) is 17.5 Å². The lowest BCUT2D eigenvalue weighted by Crippen LogP contribution is -2.19. The lowest BCUT2D eigenvalue weighted by molar-refractivity contribution is -0.153. The third-order valence-electron chi connectivity index (χ3n) is 3.83. The van der Waals surface area contributed by atoms with Crippen LogP contribution in [0.4, 0.5) is 30.7 Å². The van der Waals surface area contributed by atoms with Gasteiger partial charge in [-0.2, -0.15) is 26.3 Å². The lowest BCUT2D eigenvalue weighted by atomic mass is 9.97. The van der Waals surface area contributed by atoms with Crippen molar-refractivity contribution in [2.24, 2.45) is 0 Å². The molecule has 2 aromatic rings. The van der Waals surface area contributed by atoms with Crippen LogP contribution in [0.5, 0.6) is 11.6 Å². The highest BCUT2D eigenvalue weighted by Crippen LogP contribution is 2.33. The second kappa shape index (κ2) is 11.3. The summed E-state index contributed by atoms with van der Waals surface area (Å²) in [7, 11) is 0. The molecule has 0 saturated heterocycles. The van der Waals surface area contributed by atoms with Crippen molar-refractivity contribution in [2.75, 3.05) is 13.2 Å². The number of amides is 1. The molecule has 0 radical (unpaired) electrons. The summed E-state index contributed by atoms with van der Waals surface area (Å²) in [5, 5.41) is 2.25. The number of nitrogens with one attached hydrogen (secondary N) is 1. The van der Waals surface area contributed by atoms with Gasteiger partial charge in [-0.25, -0.2) is 9.37 Å². The van der Waals surface area contributed by atoms with Crippen LogP contribution in [0.2, 0.25) is 0 Å². The van der Waals surface area contributed by atoms with Crippen molar-refractivity contribution >= 4 is 12.0 Å². The molecule has 0 unspecified atom stereocenters.